The lowest BCUT2D eigenvalue weighted by Gasteiger charge is -2.31. The predicted molar refractivity (Wildman–Crippen MR) is 133 cm³/mol. The van der Waals surface area contributed by atoms with Crippen LogP contribution in [0.25, 0.3) is 11.0 Å². The molecule has 0 saturated carbocycles. The number of fused-ring (bicyclic) bond motifs is 3. The highest BCUT2D eigenvalue weighted by Gasteiger charge is 2.23. The third-order valence-electron chi connectivity index (χ3n) is 6.58. The molecular weight excluding hydrogens is 410 g/mol. The van der Waals surface area contributed by atoms with Crippen molar-refractivity contribution in [3.63, 3.8) is 0 Å². The van der Waals surface area contributed by atoms with Gasteiger partial charge in [-0.3, -0.25) is 0 Å². The quantitative estimate of drug-likeness (QED) is 0.326. The molecular formula is C29H29NO3. The maximum absolute atomic E-state index is 13.0. The van der Waals surface area contributed by atoms with E-state index >= 15 is 0 Å². The molecule has 2 heterocycles. The summed E-state index contributed by atoms with van der Waals surface area (Å²) >= 11 is 0. The minimum absolute atomic E-state index is 0.269. The highest BCUT2D eigenvalue weighted by atomic mass is 16.5. The largest absolute Gasteiger partial charge is 0.473 e. The number of benzene rings is 3. The Morgan fingerprint density at radius 3 is 2.48 bits per heavy atom. The summed E-state index contributed by atoms with van der Waals surface area (Å²) in [4.78, 5) is 15.2. The van der Waals surface area contributed by atoms with Crippen LogP contribution in [0, 0.1) is 6.92 Å². The lowest BCUT2D eigenvalue weighted by molar-refractivity contribution is 0.289. The number of rotatable bonds is 6. The summed E-state index contributed by atoms with van der Waals surface area (Å²) < 4.78 is 12.0. The first-order valence-electron chi connectivity index (χ1n) is 11.7. The van der Waals surface area contributed by atoms with E-state index in [1.807, 2.05) is 49.4 Å². The molecule has 0 amide bonds. The van der Waals surface area contributed by atoms with Crippen molar-refractivity contribution in [2.75, 3.05) is 11.6 Å². The van der Waals surface area contributed by atoms with E-state index in [1.165, 1.54) is 18.4 Å². The summed E-state index contributed by atoms with van der Waals surface area (Å²) in [7, 11) is 0. The fourth-order valence-corrected chi connectivity index (χ4v) is 4.59. The van der Waals surface area contributed by atoms with E-state index in [4.69, 9.17) is 9.15 Å². The maximum atomic E-state index is 13.0. The summed E-state index contributed by atoms with van der Waals surface area (Å²) in [6.07, 6.45) is 4.07. The molecule has 0 N–H and O–H groups in total. The van der Waals surface area contributed by atoms with E-state index in [9.17, 15) is 4.79 Å². The van der Waals surface area contributed by atoms with Gasteiger partial charge in [-0.15, -0.1) is 0 Å². The number of ether oxygens (including phenoxy) is 1. The maximum Gasteiger partial charge on any atom is 0.340 e. The third kappa shape index (κ3) is 4.25. The molecule has 4 nitrogen and oxygen atoms in total. The Bertz CT molecular complexity index is 1320. The van der Waals surface area contributed by atoms with Gasteiger partial charge in [0.2, 0.25) is 0 Å². The minimum atomic E-state index is -0.269. The fraction of sp³-hybridized carbons (Fsp3) is 0.276. The molecule has 1 aliphatic heterocycles. The zero-order chi connectivity index (χ0) is 22.8. The lowest BCUT2D eigenvalue weighted by atomic mass is 9.97. The first-order chi connectivity index (χ1) is 16.1. The molecule has 168 valence electrons. The van der Waals surface area contributed by atoms with Crippen molar-refractivity contribution in [1.82, 2.24) is 0 Å². The average Bonchev–Trinajstić information content (AvgIpc) is 2.86. The Hall–Kier alpha value is -3.53. The van der Waals surface area contributed by atoms with Gasteiger partial charge >= 0.3 is 5.63 Å². The van der Waals surface area contributed by atoms with Crippen LogP contribution in [-0.4, -0.2) is 6.73 Å². The molecule has 0 bridgehead atoms. The van der Waals surface area contributed by atoms with Gasteiger partial charge in [0.25, 0.3) is 0 Å². The zero-order valence-electron chi connectivity index (χ0n) is 19.3. The number of hydrogen-bond acceptors (Lipinski definition) is 4. The monoisotopic (exact) mass is 439 g/mol. The smallest absolute Gasteiger partial charge is 0.340 e. The van der Waals surface area contributed by atoms with Crippen molar-refractivity contribution in [2.24, 2.45) is 0 Å². The lowest BCUT2D eigenvalue weighted by Crippen LogP contribution is -2.32. The Morgan fingerprint density at radius 1 is 0.939 bits per heavy atom. The van der Waals surface area contributed by atoms with Gasteiger partial charge in [-0.05, 0) is 60.7 Å². The first-order valence-corrected chi connectivity index (χ1v) is 11.7. The summed E-state index contributed by atoms with van der Waals surface area (Å²) in [6, 6.07) is 22.8. The first kappa shape index (κ1) is 21.3. The molecule has 0 atom stereocenters. The van der Waals surface area contributed by atoms with Crippen molar-refractivity contribution >= 4 is 16.7 Å². The normalized spacial score (nSPS) is 13.1. The van der Waals surface area contributed by atoms with Gasteiger partial charge in [-0.1, -0.05) is 55.8 Å². The van der Waals surface area contributed by atoms with E-state index in [1.54, 1.807) is 0 Å². The SMILES string of the molecule is CCCCc1ccc(N2COc3ccc4c(C)c(Cc5ccccc5)c(=O)oc4c3C2)cc1. The van der Waals surface area contributed by atoms with Crippen LogP contribution in [-0.2, 0) is 19.4 Å². The van der Waals surface area contributed by atoms with Crippen LogP contribution in [0.4, 0.5) is 5.69 Å². The van der Waals surface area contributed by atoms with Crippen molar-refractivity contribution in [3.05, 3.63) is 105 Å². The van der Waals surface area contributed by atoms with Crippen LogP contribution in [0.3, 0.4) is 0 Å². The van der Waals surface area contributed by atoms with Crippen LogP contribution < -0.4 is 15.3 Å². The van der Waals surface area contributed by atoms with E-state index in [-0.39, 0.29) is 5.63 Å². The second-order valence-electron chi connectivity index (χ2n) is 8.82. The van der Waals surface area contributed by atoms with Crippen LogP contribution in [0.1, 0.15) is 47.6 Å². The molecule has 5 rings (SSSR count). The molecule has 4 heteroatoms. The van der Waals surface area contributed by atoms with Crippen LogP contribution in [0.15, 0.2) is 75.9 Å². The summed E-state index contributed by atoms with van der Waals surface area (Å²) in [5.41, 5.74) is 6.55. The number of nitrogens with zero attached hydrogens (tertiary/aromatic N) is 1. The highest BCUT2D eigenvalue weighted by Crippen LogP contribution is 2.35. The van der Waals surface area contributed by atoms with Crippen LogP contribution >= 0.6 is 0 Å². The van der Waals surface area contributed by atoms with E-state index in [0.29, 0.717) is 30.8 Å². The van der Waals surface area contributed by atoms with E-state index in [0.717, 1.165) is 39.9 Å². The molecule has 0 unspecified atom stereocenters. The standard InChI is InChI=1S/C29H29NO3/c1-3-4-8-21-11-13-23(14-12-21)30-18-26-27(32-19-30)16-15-24-20(2)25(29(31)33-28(24)26)17-22-9-6-5-7-10-22/h5-7,9-16H,3-4,8,17-19H2,1-2H3. The average molecular weight is 440 g/mol. The Balaban J connectivity index is 1.48. The summed E-state index contributed by atoms with van der Waals surface area (Å²) in [6.45, 7) is 5.34. The second kappa shape index (κ2) is 9.14. The zero-order valence-corrected chi connectivity index (χ0v) is 19.3. The van der Waals surface area contributed by atoms with E-state index in [2.05, 4.69) is 36.1 Å². The van der Waals surface area contributed by atoms with Gasteiger partial charge in [0.15, 0.2) is 6.73 Å². The highest BCUT2D eigenvalue weighted by molar-refractivity contribution is 5.86. The van der Waals surface area contributed by atoms with Gasteiger partial charge in [-0.25, -0.2) is 4.79 Å². The number of anilines is 1. The van der Waals surface area contributed by atoms with Crippen molar-refractivity contribution in [2.45, 2.75) is 46.1 Å². The van der Waals surface area contributed by atoms with Gasteiger partial charge in [0, 0.05) is 23.1 Å². The molecule has 1 aromatic heterocycles. The Kier molecular flexibility index (Phi) is 5.91. The van der Waals surface area contributed by atoms with Crippen molar-refractivity contribution in [1.29, 1.82) is 0 Å². The Morgan fingerprint density at radius 2 is 1.73 bits per heavy atom. The van der Waals surface area contributed by atoms with Crippen molar-refractivity contribution < 1.29 is 9.15 Å². The van der Waals surface area contributed by atoms with E-state index < -0.39 is 0 Å². The number of hydrogen-bond donors (Lipinski definition) is 0. The topological polar surface area (TPSA) is 42.7 Å². The van der Waals surface area contributed by atoms with Gasteiger partial charge in [-0.2, -0.15) is 0 Å². The Labute approximate surface area is 194 Å². The molecule has 33 heavy (non-hydrogen) atoms. The molecule has 3 aromatic carbocycles. The molecule has 4 aromatic rings. The minimum Gasteiger partial charge on any atom is -0.473 e. The molecule has 0 saturated heterocycles. The van der Waals surface area contributed by atoms with Crippen molar-refractivity contribution in [3.8, 4) is 5.75 Å². The van der Waals surface area contributed by atoms with Gasteiger partial charge in [0.1, 0.15) is 11.3 Å². The van der Waals surface area contributed by atoms with Crippen LogP contribution in [0.2, 0.25) is 0 Å². The van der Waals surface area contributed by atoms with Gasteiger partial charge < -0.3 is 14.1 Å². The van der Waals surface area contributed by atoms with Crippen LogP contribution in [0.5, 0.6) is 5.75 Å². The molecule has 1 aliphatic rings. The molecule has 0 fully saturated rings. The molecule has 0 aliphatic carbocycles. The second-order valence-corrected chi connectivity index (χ2v) is 8.82. The fourth-order valence-electron chi connectivity index (χ4n) is 4.59. The predicted octanol–water partition coefficient (Wildman–Crippen LogP) is 6.39. The summed E-state index contributed by atoms with van der Waals surface area (Å²) in [5, 5.41) is 0.972. The number of aryl methyl sites for hydroxylation is 2. The third-order valence-corrected chi connectivity index (χ3v) is 6.58. The molecule has 0 spiro atoms. The molecule has 0 radical (unpaired) electrons. The van der Waals surface area contributed by atoms with Gasteiger partial charge in [0.05, 0.1) is 12.1 Å². The summed E-state index contributed by atoms with van der Waals surface area (Å²) in [5.74, 6) is 0.789. The number of unbranched alkanes of at least 4 members (excludes halogenated alkanes) is 1.